The number of benzene rings is 1. The fourth-order valence-electron chi connectivity index (χ4n) is 2.00. The minimum absolute atomic E-state index is 0.208. The Morgan fingerprint density at radius 1 is 1.38 bits per heavy atom. The lowest BCUT2D eigenvalue weighted by Crippen LogP contribution is -2.09. The van der Waals surface area contributed by atoms with Crippen LogP contribution in [0.25, 0.3) is 6.08 Å². The van der Waals surface area contributed by atoms with Crippen molar-refractivity contribution in [3.63, 3.8) is 0 Å². The van der Waals surface area contributed by atoms with Crippen LogP contribution in [0.2, 0.25) is 0 Å². The van der Waals surface area contributed by atoms with Crippen LogP contribution in [0.15, 0.2) is 60.6 Å². The van der Waals surface area contributed by atoms with Gasteiger partial charge in [-0.15, -0.1) is 11.3 Å². The molecule has 0 spiro atoms. The first-order valence-electron chi connectivity index (χ1n) is 7.37. The van der Waals surface area contributed by atoms with Crippen LogP contribution in [0.3, 0.4) is 0 Å². The van der Waals surface area contributed by atoms with Gasteiger partial charge in [0.2, 0.25) is 5.91 Å². The summed E-state index contributed by atoms with van der Waals surface area (Å²) in [4.78, 5) is 20.0. The third-order valence-corrected chi connectivity index (χ3v) is 3.85. The van der Waals surface area contributed by atoms with E-state index >= 15 is 0 Å². The summed E-state index contributed by atoms with van der Waals surface area (Å²) in [6, 6.07) is 7.31. The summed E-state index contributed by atoms with van der Waals surface area (Å²) in [5, 5.41) is 5.46. The highest BCUT2D eigenvalue weighted by Gasteiger charge is 2.01. The van der Waals surface area contributed by atoms with Crippen LogP contribution in [0.5, 0.6) is 5.75 Å². The summed E-state index contributed by atoms with van der Waals surface area (Å²) in [6.07, 6.45) is 10.2. The average Bonchev–Trinajstić information content (AvgIpc) is 3.27. The van der Waals surface area contributed by atoms with Gasteiger partial charge in [0.15, 0.2) is 0 Å². The van der Waals surface area contributed by atoms with E-state index in [9.17, 15) is 4.79 Å². The first-order valence-corrected chi connectivity index (χ1v) is 8.25. The number of rotatable bonds is 7. The lowest BCUT2D eigenvalue weighted by molar-refractivity contribution is -0.111. The molecular weight excluding hydrogens is 324 g/mol. The van der Waals surface area contributed by atoms with Crippen LogP contribution < -0.4 is 10.1 Å². The maximum absolute atomic E-state index is 11.9. The summed E-state index contributed by atoms with van der Waals surface area (Å²) in [7, 11) is 0. The lowest BCUT2D eigenvalue weighted by atomic mass is 10.3. The molecule has 0 unspecified atom stereocenters. The Morgan fingerprint density at radius 2 is 2.33 bits per heavy atom. The largest absolute Gasteiger partial charge is 0.492 e. The number of thiazole rings is 1. The number of ether oxygens (including phenoxy) is 1. The number of nitrogens with one attached hydrogen (secondary N) is 1. The molecule has 0 bridgehead atoms. The van der Waals surface area contributed by atoms with Crippen molar-refractivity contribution in [2.24, 2.45) is 0 Å². The number of aromatic nitrogens is 3. The molecule has 0 atom stereocenters. The molecule has 0 aliphatic heterocycles. The number of hydrogen-bond donors (Lipinski definition) is 1. The number of anilines is 1. The molecular formula is C17H16N4O2S. The maximum Gasteiger partial charge on any atom is 0.248 e. The Balaban J connectivity index is 1.51. The van der Waals surface area contributed by atoms with Gasteiger partial charge in [0.1, 0.15) is 17.4 Å². The van der Waals surface area contributed by atoms with Crippen molar-refractivity contribution in [3.05, 3.63) is 65.6 Å². The average molecular weight is 340 g/mol. The summed E-state index contributed by atoms with van der Waals surface area (Å²) in [5.74, 6) is 0.498. The van der Waals surface area contributed by atoms with E-state index < -0.39 is 0 Å². The van der Waals surface area contributed by atoms with Gasteiger partial charge in [-0.1, -0.05) is 6.07 Å². The zero-order chi connectivity index (χ0) is 16.6. The zero-order valence-electron chi connectivity index (χ0n) is 12.8. The summed E-state index contributed by atoms with van der Waals surface area (Å²) in [6.45, 7) is 1.24. The van der Waals surface area contributed by atoms with E-state index in [1.54, 1.807) is 30.9 Å². The molecule has 1 N–H and O–H groups in total. The van der Waals surface area contributed by atoms with Gasteiger partial charge in [0.05, 0.1) is 12.9 Å². The molecule has 6 nitrogen and oxygen atoms in total. The molecule has 0 saturated heterocycles. The van der Waals surface area contributed by atoms with E-state index in [1.807, 2.05) is 34.3 Å². The van der Waals surface area contributed by atoms with Crippen molar-refractivity contribution in [1.29, 1.82) is 0 Å². The predicted octanol–water partition coefficient (Wildman–Crippen LogP) is 3.07. The molecule has 0 aliphatic rings. The fourth-order valence-corrected chi connectivity index (χ4v) is 2.53. The number of hydrogen-bond acceptors (Lipinski definition) is 5. The van der Waals surface area contributed by atoms with Crippen molar-refractivity contribution in [3.8, 4) is 5.75 Å². The second-order valence-electron chi connectivity index (χ2n) is 4.87. The van der Waals surface area contributed by atoms with Crippen LogP contribution in [0.4, 0.5) is 5.69 Å². The van der Waals surface area contributed by atoms with Crippen molar-refractivity contribution in [2.45, 2.75) is 6.54 Å². The monoisotopic (exact) mass is 340 g/mol. The smallest absolute Gasteiger partial charge is 0.248 e. The van der Waals surface area contributed by atoms with E-state index in [-0.39, 0.29) is 5.91 Å². The van der Waals surface area contributed by atoms with Gasteiger partial charge in [-0.2, -0.15) is 0 Å². The number of carbonyl (C=O) groups excluding carboxylic acids is 1. The fraction of sp³-hybridized carbons (Fsp3) is 0.118. The molecule has 0 saturated carbocycles. The minimum Gasteiger partial charge on any atom is -0.492 e. The van der Waals surface area contributed by atoms with E-state index in [1.165, 1.54) is 17.4 Å². The second-order valence-corrected chi connectivity index (χ2v) is 5.80. The molecule has 0 aliphatic carbocycles. The molecule has 3 rings (SSSR count). The third-order valence-electron chi connectivity index (χ3n) is 3.11. The Kier molecular flexibility index (Phi) is 5.36. The summed E-state index contributed by atoms with van der Waals surface area (Å²) in [5.41, 5.74) is 0.684. The van der Waals surface area contributed by atoms with Gasteiger partial charge in [0, 0.05) is 41.8 Å². The Hall–Kier alpha value is -2.93. The van der Waals surface area contributed by atoms with Crippen molar-refractivity contribution >= 4 is 29.0 Å². The van der Waals surface area contributed by atoms with Crippen LogP contribution >= 0.6 is 11.3 Å². The van der Waals surface area contributed by atoms with E-state index in [0.717, 1.165) is 5.01 Å². The van der Waals surface area contributed by atoms with Crippen molar-refractivity contribution in [2.75, 3.05) is 11.9 Å². The van der Waals surface area contributed by atoms with Gasteiger partial charge in [0.25, 0.3) is 0 Å². The molecule has 122 valence electrons. The standard InChI is InChI=1S/C17H16N4O2S/c22-16(4-5-17-19-7-11-24-17)20-14-2-1-3-15(12-14)23-10-9-21-8-6-18-13-21/h1-8,11-13H,9-10H2,(H,20,22). The van der Waals surface area contributed by atoms with Gasteiger partial charge in [-0.25, -0.2) is 9.97 Å². The Morgan fingerprint density at radius 3 is 3.12 bits per heavy atom. The molecule has 24 heavy (non-hydrogen) atoms. The van der Waals surface area contributed by atoms with E-state index in [4.69, 9.17) is 4.74 Å². The predicted molar refractivity (Wildman–Crippen MR) is 93.9 cm³/mol. The quantitative estimate of drug-likeness (QED) is 0.671. The Labute approximate surface area is 143 Å². The minimum atomic E-state index is -0.208. The van der Waals surface area contributed by atoms with Crippen LogP contribution in [0.1, 0.15) is 5.01 Å². The van der Waals surface area contributed by atoms with Crippen LogP contribution in [0, 0.1) is 0 Å². The molecule has 0 radical (unpaired) electrons. The molecule has 2 heterocycles. The third kappa shape index (κ3) is 4.79. The number of amides is 1. The number of imidazole rings is 1. The zero-order valence-corrected chi connectivity index (χ0v) is 13.6. The number of carbonyl (C=O) groups is 1. The molecule has 1 aromatic carbocycles. The normalized spacial score (nSPS) is 10.8. The second kappa shape index (κ2) is 8.07. The van der Waals surface area contributed by atoms with Gasteiger partial charge >= 0.3 is 0 Å². The van der Waals surface area contributed by atoms with Gasteiger partial charge in [-0.3, -0.25) is 4.79 Å². The first-order chi connectivity index (χ1) is 11.8. The number of nitrogens with zero attached hydrogens (tertiary/aromatic N) is 3. The van der Waals surface area contributed by atoms with E-state index in [0.29, 0.717) is 24.6 Å². The molecule has 0 fully saturated rings. The van der Waals surface area contributed by atoms with E-state index in [2.05, 4.69) is 15.3 Å². The van der Waals surface area contributed by atoms with Crippen molar-refractivity contribution < 1.29 is 9.53 Å². The maximum atomic E-state index is 11.9. The topological polar surface area (TPSA) is 69.0 Å². The molecule has 3 aromatic rings. The summed E-state index contributed by atoms with van der Waals surface area (Å²) >= 11 is 1.48. The first kappa shape index (κ1) is 15.9. The molecule has 1 amide bonds. The highest BCUT2D eigenvalue weighted by molar-refractivity contribution is 7.10. The van der Waals surface area contributed by atoms with Crippen LogP contribution in [-0.2, 0) is 11.3 Å². The van der Waals surface area contributed by atoms with Crippen molar-refractivity contribution in [1.82, 2.24) is 14.5 Å². The highest BCUT2D eigenvalue weighted by atomic mass is 32.1. The highest BCUT2D eigenvalue weighted by Crippen LogP contribution is 2.17. The Bertz CT molecular complexity index is 798. The van der Waals surface area contributed by atoms with Crippen LogP contribution in [-0.4, -0.2) is 27.0 Å². The lowest BCUT2D eigenvalue weighted by Gasteiger charge is -2.08. The molecule has 2 aromatic heterocycles. The SMILES string of the molecule is O=C(C=Cc1nccs1)Nc1cccc(OCCn2ccnc2)c1. The van der Waals surface area contributed by atoms with Gasteiger partial charge < -0.3 is 14.6 Å². The van der Waals surface area contributed by atoms with Gasteiger partial charge in [-0.05, 0) is 18.2 Å². The molecule has 7 heteroatoms. The summed E-state index contributed by atoms with van der Waals surface area (Å²) < 4.78 is 7.63.